The maximum atomic E-state index is 11.7. The van der Waals surface area contributed by atoms with Crippen molar-refractivity contribution in [2.45, 2.75) is 25.7 Å². The first-order valence-corrected chi connectivity index (χ1v) is 12.0. The molecule has 0 saturated heterocycles. The van der Waals surface area contributed by atoms with Crippen LogP contribution >= 0.6 is 11.9 Å². The average Bonchev–Trinajstić information content (AvgIpc) is 2.84. The molecule has 0 aliphatic heterocycles. The van der Waals surface area contributed by atoms with E-state index in [1.165, 1.54) is 11.9 Å². The van der Waals surface area contributed by atoms with E-state index in [0.29, 0.717) is 35.6 Å². The smallest absolute Gasteiger partial charge is 0.338 e. The fourth-order valence-corrected chi connectivity index (χ4v) is 3.58. The number of carbonyl (C=O) groups excluding carboxylic acids is 3. The summed E-state index contributed by atoms with van der Waals surface area (Å²) in [6.45, 7) is 16.7. The predicted octanol–water partition coefficient (Wildman–Crippen LogP) is 5.38. The number of carbonyl (C=O) groups is 3. The number of rotatable bonds is 13. The highest BCUT2D eigenvalue weighted by atomic mass is 32.2. The minimum atomic E-state index is -0.461. The molecule has 0 atom stereocenters. The van der Waals surface area contributed by atoms with E-state index in [4.69, 9.17) is 14.2 Å². The SMILES string of the molecule is C=C(C)C(=O)OCCN(CCOC(=O)C(=C)C)Sc1ccc(-c2ccc(OC(=O)C(=C)C)cc2)cc1. The summed E-state index contributed by atoms with van der Waals surface area (Å²) in [4.78, 5) is 36.0. The Morgan fingerprint density at radius 3 is 1.53 bits per heavy atom. The van der Waals surface area contributed by atoms with Crippen LogP contribution in [0.3, 0.4) is 0 Å². The van der Waals surface area contributed by atoms with Crippen LogP contribution in [0.25, 0.3) is 11.1 Å². The molecule has 0 N–H and O–H groups in total. The second-order valence-corrected chi connectivity index (χ2v) is 9.24. The summed E-state index contributed by atoms with van der Waals surface area (Å²) in [6.07, 6.45) is 0. The minimum absolute atomic E-state index is 0.174. The Bertz CT molecular complexity index is 1090. The zero-order valence-corrected chi connectivity index (χ0v) is 21.7. The van der Waals surface area contributed by atoms with Crippen molar-refractivity contribution in [1.82, 2.24) is 4.31 Å². The molecule has 2 rings (SSSR count). The number of hydrogen-bond acceptors (Lipinski definition) is 8. The fourth-order valence-electron chi connectivity index (χ4n) is 2.70. The third kappa shape index (κ3) is 9.56. The zero-order chi connectivity index (χ0) is 26.7. The van der Waals surface area contributed by atoms with Gasteiger partial charge in [-0.3, -0.25) is 0 Å². The summed E-state index contributed by atoms with van der Waals surface area (Å²) < 4.78 is 17.6. The van der Waals surface area contributed by atoms with Crippen LogP contribution in [0.2, 0.25) is 0 Å². The predicted molar refractivity (Wildman–Crippen MR) is 141 cm³/mol. The number of ether oxygens (including phenoxy) is 3. The van der Waals surface area contributed by atoms with Gasteiger partial charge in [-0.05, 0) is 68.1 Å². The van der Waals surface area contributed by atoms with Gasteiger partial charge in [-0.1, -0.05) is 44.0 Å². The number of hydrogen-bond donors (Lipinski definition) is 0. The molecule has 0 unspecified atom stereocenters. The van der Waals surface area contributed by atoms with Crippen molar-refractivity contribution in [3.63, 3.8) is 0 Å². The van der Waals surface area contributed by atoms with Crippen LogP contribution in [0.5, 0.6) is 5.75 Å². The monoisotopic (exact) mass is 509 g/mol. The van der Waals surface area contributed by atoms with Gasteiger partial charge in [-0.2, -0.15) is 0 Å². The van der Waals surface area contributed by atoms with Gasteiger partial charge in [0.05, 0.1) is 0 Å². The van der Waals surface area contributed by atoms with Crippen LogP contribution in [0.4, 0.5) is 0 Å². The van der Waals surface area contributed by atoms with Crippen LogP contribution < -0.4 is 4.74 Å². The minimum Gasteiger partial charge on any atom is -0.461 e. The van der Waals surface area contributed by atoms with Crippen molar-refractivity contribution >= 4 is 29.9 Å². The Hall–Kier alpha value is -3.62. The molecule has 2 aromatic rings. The molecule has 0 saturated carbocycles. The van der Waals surface area contributed by atoms with E-state index in [0.717, 1.165) is 16.0 Å². The van der Waals surface area contributed by atoms with E-state index >= 15 is 0 Å². The molecular weight excluding hydrogens is 478 g/mol. The van der Waals surface area contributed by atoms with Gasteiger partial charge in [-0.15, -0.1) is 0 Å². The third-order valence-electron chi connectivity index (χ3n) is 4.68. The van der Waals surface area contributed by atoms with Gasteiger partial charge in [0.15, 0.2) is 0 Å². The number of nitrogens with zero attached hydrogens (tertiary/aromatic N) is 1. The Labute approximate surface area is 216 Å². The Kier molecular flexibility index (Phi) is 11.2. The van der Waals surface area contributed by atoms with Crippen LogP contribution in [-0.4, -0.2) is 48.5 Å². The van der Waals surface area contributed by atoms with Gasteiger partial charge in [-0.25, -0.2) is 18.7 Å². The van der Waals surface area contributed by atoms with Crippen LogP contribution in [0.15, 0.2) is 89.9 Å². The number of benzene rings is 2. The van der Waals surface area contributed by atoms with Crippen molar-refractivity contribution in [2.75, 3.05) is 26.3 Å². The Morgan fingerprint density at radius 1 is 0.694 bits per heavy atom. The van der Waals surface area contributed by atoms with Gasteiger partial charge in [0.1, 0.15) is 19.0 Å². The van der Waals surface area contributed by atoms with Crippen molar-refractivity contribution in [1.29, 1.82) is 0 Å². The maximum Gasteiger partial charge on any atom is 0.338 e. The molecule has 8 heteroatoms. The van der Waals surface area contributed by atoms with Gasteiger partial charge in [0, 0.05) is 34.7 Å². The first kappa shape index (κ1) is 28.6. The molecule has 0 fully saturated rings. The lowest BCUT2D eigenvalue weighted by molar-refractivity contribution is -0.139. The summed E-state index contributed by atoms with van der Waals surface area (Å²) in [5.74, 6) is -0.899. The molecule has 0 radical (unpaired) electrons. The topological polar surface area (TPSA) is 82.1 Å². The van der Waals surface area contributed by atoms with Crippen LogP contribution in [0, 0.1) is 0 Å². The molecule has 0 bridgehead atoms. The molecule has 0 amide bonds. The summed E-state index contributed by atoms with van der Waals surface area (Å²) >= 11 is 1.46. The molecule has 0 heterocycles. The molecular formula is C28H31NO6S. The second kappa shape index (κ2) is 14.1. The van der Waals surface area contributed by atoms with Gasteiger partial charge in [0.2, 0.25) is 0 Å². The number of esters is 3. The van der Waals surface area contributed by atoms with Crippen molar-refractivity contribution in [3.8, 4) is 16.9 Å². The summed E-state index contributed by atoms with van der Waals surface area (Å²) in [5.41, 5.74) is 2.97. The van der Waals surface area contributed by atoms with E-state index in [1.807, 2.05) is 40.7 Å². The van der Waals surface area contributed by atoms with Gasteiger partial charge < -0.3 is 14.2 Å². The molecule has 190 valence electrons. The lowest BCUT2D eigenvalue weighted by Crippen LogP contribution is -2.27. The summed E-state index contributed by atoms with van der Waals surface area (Å²) in [6, 6.07) is 15.1. The maximum absolute atomic E-state index is 11.7. The van der Waals surface area contributed by atoms with Gasteiger partial charge >= 0.3 is 17.9 Å². The van der Waals surface area contributed by atoms with Crippen molar-refractivity contribution in [2.24, 2.45) is 0 Å². The average molecular weight is 510 g/mol. The largest absolute Gasteiger partial charge is 0.461 e. The Morgan fingerprint density at radius 2 is 1.11 bits per heavy atom. The molecule has 36 heavy (non-hydrogen) atoms. The Balaban J connectivity index is 2.02. The highest BCUT2D eigenvalue weighted by Crippen LogP contribution is 2.27. The highest BCUT2D eigenvalue weighted by molar-refractivity contribution is 7.97. The molecule has 7 nitrogen and oxygen atoms in total. The third-order valence-corrected chi connectivity index (χ3v) is 5.79. The molecule has 0 aromatic heterocycles. The van der Waals surface area contributed by atoms with E-state index in [-0.39, 0.29) is 13.2 Å². The second-order valence-electron chi connectivity index (χ2n) is 8.07. The van der Waals surface area contributed by atoms with Crippen molar-refractivity contribution in [3.05, 3.63) is 85.0 Å². The standard InChI is InChI=1S/C28H31NO6S/c1-19(2)26(30)33-17-15-29(16-18-34-27(31)20(3)4)36-25-13-9-23(10-14-25)22-7-11-24(12-8-22)35-28(32)21(5)6/h7-14H,1,3,5,15-18H2,2,4,6H3. The molecule has 2 aromatic carbocycles. The summed E-state index contributed by atoms with van der Waals surface area (Å²) in [7, 11) is 0. The van der Waals surface area contributed by atoms with Crippen LogP contribution in [-0.2, 0) is 23.9 Å². The first-order valence-electron chi connectivity index (χ1n) is 11.2. The lowest BCUT2D eigenvalue weighted by Gasteiger charge is -2.21. The normalized spacial score (nSPS) is 10.4. The van der Waals surface area contributed by atoms with E-state index in [9.17, 15) is 14.4 Å². The van der Waals surface area contributed by atoms with Gasteiger partial charge in [0.25, 0.3) is 0 Å². The zero-order valence-electron chi connectivity index (χ0n) is 20.9. The van der Waals surface area contributed by atoms with Crippen molar-refractivity contribution < 1.29 is 28.6 Å². The van der Waals surface area contributed by atoms with Crippen LogP contribution in [0.1, 0.15) is 20.8 Å². The van der Waals surface area contributed by atoms with E-state index < -0.39 is 17.9 Å². The van der Waals surface area contributed by atoms with E-state index in [2.05, 4.69) is 19.7 Å². The summed E-state index contributed by atoms with van der Waals surface area (Å²) in [5, 5.41) is 0. The molecule has 0 spiro atoms. The van der Waals surface area contributed by atoms with E-state index in [1.54, 1.807) is 32.9 Å². The highest BCUT2D eigenvalue weighted by Gasteiger charge is 2.12. The quantitative estimate of drug-likeness (QED) is 0.154. The lowest BCUT2D eigenvalue weighted by atomic mass is 10.1. The fraction of sp³-hybridized carbons (Fsp3) is 0.250. The first-order chi connectivity index (χ1) is 17.1. The molecule has 0 aliphatic rings. The molecule has 0 aliphatic carbocycles.